The minimum absolute atomic E-state index is 0.0550. The summed E-state index contributed by atoms with van der Waals surface area (Å²) in [7, 11) is 0. The molecule has 1 heterocycles. The number of rotatable bonds is 9. The number of carbonyl (C=O) groups excluding carboxylic acids is 1. The highest BCUT2D eigenvalue weighted by Crippen LogP contribution is 2.17. The summed E-state index contributed by atoms with van der Waals surface area (Å²) < 4.78 is 0. The second-order valence-corrected chi connectivity index (χ2v) is 6.37. The third kappa shape index (κ3) is 6.19. The number of aryl methyl sites for hydroxylation is 2. The average molecular weight is 297 g/mol. The van der Waals surface area contributed by atoms with Crippen molar-refractivity contribution in [2.75, 3.05) is 6.54 Å². The van der Waals surface area contributed by atoms with E-state index in [0.29, 0.717) is 12.8 Å². The van der Waals surface area contributed by atoms with Gasteiger partial charge >= 0.3 is 5.97 Å². The number of hydrogen-bond acceptors (Lipinski definition) is 3. The zero-order chi connectivity index (χ0) is 15.0. The number of hydrogen-bond donors (Lipinski definition) is 2. The molecule has 2 N–H and O–H groups in total. The molecule has 0 aliphatic heterocycles. The molecule has 1 aromatic rings. The Morgan fingerprint density at radius 2 is 2.15 bits per heavy atom. The number of aliphatic carboxylic acids is 1. The van der Waals surface area contributed by atoms with Gasteiger partial charge in [-0.3, -0.25) is 9.59 Å². The van der Waals surface area contributed by atoms with Crippen molar-refractivity contribution in [1.29, 1.82) is 0 Å². The van der Waals surface area contributed by atoms with Crippen LogP contribution in [0, 0.1) is 12.8 Å². The van der Waals surface area contributed by atoms with Crippen LogP contribution < -0.4 is 5.32 Å². The first-order valence-corrected chi connectivity index (χ1v) is 7.89. The Kier molecular flexibility index (Phi) is 7.30. The van der Waals surface area contributed by atoms with E-state index in [-0.39, 0.29) is 12.5 Å². The number of thiophene rings is 1. The van der Waals surface area contributed by atoms with Crippen molar-refractivity contribution in [3.8, 4) is 0 Å². The second-order valence-electron chi connectivity index (χ2n) is 4.99. The lowest BCUT2D eigenvalue weighted by atomic mass is 10.0. The van der Waals surface area contributed by atoms with Gasteiger partial charge < -0.3 is 10.4 Å². The molecular weight excluding hydrogens is 274 g/mol. The van der Waals surface area contributed by atoms with Crippen LogP contribution in [0.3, 0.4) is 0 Å². The Morgan fingerprint density at radius 1 is 1.40 bits per heavy atom. The van der Waals surface area contributed by atoms with Gasteiger partial charge in [-0.2, -0.15) is 0 Å². The molecule has 1 rings (SSSR count). The first kappa shape index (κ1) is 16.7. The third-order valence-electron chi connectivity index (χ3n) is 3.16. The number of carbonyl (C=O) groups is 2. The Balaban J connectivity index is 2.21. The topological polar surface area (TPSA) is 66.4 Å². The predicted octanol–water partition coefficient (Wildman–Crippen LogP) is 3.00. The number of amides is 1. The Morgan fingerprint density at radius 3 is 2.70 bits per heavy atom. The van der Waals surface area contributed by atoms with E-state index < -0.39 is 11.9 Å². The van der Waals surface area contributed by atoms with Crippen LogP contribution in [-0.4, -0.2) is 23.5 Å². The summed E-state index contributed by atoms with van der Waals surface area (Å²) in [4.78, 5) is 25.2. The van der Waals surface area contributed by atoms with Crippen LogP contribution in [0.25, 0.3) is 0 Å². The second kappa shape index (κ2) is 8.74. The molecule has 20 heavy (non-hydrogen) atoms. The Labute approximate surface area is 124 Å². The van der Waals surface area contributed by atoms with Crippen molar-refractivity contribution in [2.24, 2.45) is 5.92 Å². The molecule has 0 aliphatic rings. The average Bonchev–Trinajstić information content (AvgIpc) is 2.80. The molecule has 1 amide bonds. The summed E-state index contributed by atoms with van der Waals surface area (Å²) in [6, 6.07) is 4.18. The van der Waals surface area contributed by atoms with E-state index in [4.69, 9.17) is 5.11 Å². The monoisotopic (exact) mass is 297 g/mol. The van der Waals surface area contributed by atoms with Crippen molar-refractivity contribution < 1.29 is 14.7 Å². The molecule has 0 spiro atoms. The number of carboxylic acids is 1. The van der Waals surface area contributed by atoms with E-state index in [1.165, 1.54) is 9.75 Å². The van der Waals surface area contributed by atoms with Crippen molar-refractivity contribution in [1.82, 2.24) is 5.32 Å². The molecule has 4 nitrogen and oxygen atoms in total. The summed E-state index contributed by atoms with van der Waals surface area (Å²) >= 11 is 1.76. The van der Waals surface area contributed by atoms with E-state index in [0.717, 1.165) is 19.3 Å². The standard InChI is InChI=1S/C15H23NO3S/c1-3-5-12(15(18)19)10-16-14(17)7-4-6-13-9-8-11(2)20-13/h8-9,12H,3-7,10H2,1-2H3,(H,16,17)(H,18,19). The highest BCUT2D eigenvalue weighted by Gasteiger charge is 2.16. The molecule has 112 valence electrons. The van der Waals surface area contributed by atoms with Gasteiger partial charge in [0.25, 0.3) is 0 Å². The van der Waals surface area contributed by atoms with Crippen molar-refractivity contribution in [3.63, 3.8) is 0 Å². The molecule has 0 radical (unpaired) electrons. The first-order valence-electron chi connectivity index (χ1n) is 7.07. The van der Waals surface area contributed by atoms with Crippen LogP contribution >= 0.6 is 11.3 Å². The SMILES string of the molecule is CCCC(CNC(=O)CCCc1ccc(C)s1)C(=O)O. The molecule has 0 saturated carbocycles. The maximum atomic E-state index is 11.7. The number of carboxylic acid groups (broad SMARTS) is 1. The van der Waals surface area contributed by atoms with Crippen molar-refractivity contribution in [2.45, 2.75) is 46.0 Å². The molecule has 0 saturated heterocycles. The normalized spacial score (nSPS) is 12.1. The van der Waals surface area contributed by atoms with Crippen LogP contribution in [0.15, 0.2) is 12.1 Å². The molecule has 0 aromatic carbocycles. The molecule has 0 fully saturated rings. The van der Waals surface area contributed by atoms with Gasteiger partial charge in [-0.25, -0.2) is 0 Å². The molecule has 1 atom stereocenters. The van der Waals surface area contributed by atoms with Crippen LogP contribution in [0.4, 0.5) is 0 Å². The van der Waals surface area contributed by atoms with Gasteiger partial charge in [0, 0.05) is 22.7 Å². The zero-order valence-corrected chi connectivity index (χ0v) is 13.0. The minimum atomic E-state index is -0.832. The Bertz CT molecular complexity index is 442. The van der Waals surface area contributed by atoms with Crippen LogP contribution in [0.5, 0.6) is 0 Å². The van der Waals surface area contributed by atoms with E-state index in [1.807, 2.05) is 6.92 Å². The lowest BCUT2D eigenvalue weighted by molar-refractivity contribution is -0.141. The molecule has 0 aliphatic carbocycles. The largest absolute Gasteiger partial charge is 0.481 e. The summed E-state index contributed by atoms with van der Waals surface area (Å²) in [6.45, 7) is 4.25. The molecular formula is C15H23NO3S. The van der Waals surface area contributed by atoms with Gasteiger partial charge in [0.2, 0.25) is 5.91 Å². The lowest BCUT2D eigenvalue weighted by Crippen LogP contribution is -2.32. The predicted molar refractivity (Wildman–Crippen MR) is 81.0 cm³/mol. The molecule has 1 aromatic heterocycles. The van der Waals surface area contributed by atoms with Gasteiger partial charge in [0.1, 0.15) is 0 Å². The van der Waals surface area contributed by atoms with Gasteiger partial charge in [-0.05, 0) is 38.3 Å². The smallest absolute Gasteiger partial charge is 0.308 e. The summed E-state index contributed by atoms with van der Waals surface area (Å²) in [5, 5.41) is 11.7. The fourth-order valence-corrected chi connectivity index (χ4v) is 2.96. The van der Waals surface area contributed by atoms with Gasteiger partial charge in [0.15, 0.2) is 0 Å². The van der Waals surface area contributed by atoms with E-state index >= 15 is 0 Å². The quantitative estimate of drug-likeness (QED) is 0.736. The maximum absolute atomic E-state index is 11.7. The fourth-order valence-electron chi connectivity index (χ4n) is 2.03. The van der Waals surface area contributed by atoms with E-state index in [9.17, 15) is 9.59 Å². The summed E-state index contributed by atoms with van der Waals surface area (Å²) in [5.74, 6) is -1.36. The van der Waals surface area contributed by atoms with Crippen molar-refractivity contribution in [3.05, 3.63) is 21.9 Å². The molecule has 1 unspecified atom stereocenters. The van der Waals surface area contributed by atoms with Gasteiger partial charge in [-0.15, -0.1) is 11.3 Å². The zero-order valence-electron chi connectivity index (χ0n) is 12.1. The molecule has 0 bridgehead atoms. The van der Waals surface area contributed by atoms with E-state index in [2.05, 4.69) is 24.4 Å². The van der Waals surface area contributed by atoms with Crippen LogP contribution in [0.1, 0.15) is 42.4 Å². The lowest BCUT2D eigenvalue weighted by Gasteiger charge is -2.12. The fraction of sp³-hybridized carbons (Fsp3) is 0.600. The third-order valence-corrected chi connectivity index (χ3v) is 4.22. The highest BCUT2D eigenvalue weighted by atomic mass is 32.1. The minimum Gasteiger partial charge on any atom is -0.481 e. The van der Waals surface area contributed by atoms with Gasteiger partial charge in [-0.1, -0.05) is 13.3 Å². The van der Waals surface area contributed by atoms with Crippen LogP contribution in [-0.2, 0) is 16.0 Å². The summed E-state index contributed by atoms with van der Waals surface area (Å²) in [5.41, 5.74) is 0. The summed E-state index contributed by atoms with van der Waals surface area (Å²) in [6.07, 6.45) is 3.57. The van der Waals surface area contributed by atoms with Crippen LogP contribution in [0.2, 0.25) is 0 Å². The van der Waals surface area contributed by atoms with Crippen molar-refractivity contribution >= 4 is 23.2 Å². The van der Waals surface area contributed by atoms with E-state index in [1.54, 1.807) is 11.3 Å². The number of nitrogens with one attached hydrogen (secondary N) is 1. The molecule has 5 heteroatoms. The first-order chi connectivity index (χ1) is 9.52. The van der Waals surface area contributed by atoms with Gasteiger partial charge in [0.05, 0.1) is 5.92 Å². The maximum Gasteiger partial charge on any atom is 0.308 e. The Hall–Kier alpha value is -1.36. The highest BCUT2D eigenvalue weighted by molar-refractivity contribution is 7.11.